The molecule has 5 rings (SSSR count). The fourth-order valence-electron chi connectivity index (χ4n) is 6.32. The number of carbonyl (C=O) groups is 1. The highest BCUT2D eigenvalue weighted by atomic mass is 35.5. The zero-order valence-corrected chi connectivity index (χ0v) is 25.0. The summed E-state index contributed by atoms with van der Waals surface area (Å²) in [5.74, 6) is 0.112. The number of hydrogen-bond acceptors (Lipinski definition) is 6. The highest BCUT2D eigenvalue weighted by Gasteiger charge is 2.37. The molecular weight excluding hydrogens is 546 g/mol. The number of aliphatic hydroxyl groups excluding tert-OH is 1. The smallest absolute Gasteiger partial charge is 0.177 e. The second-order valence-corrected chi connectivity index (χ2v) is 15.0. The Morgan fingerprint density at radius 2 is 1.90 bits per heavy atom. The van der Waals surface area contributed by atoms with Crippen LogP contribution in [0.2, 0.25) is 5.02 Å². The van der Waals surface area contributed by atoms with Crippen molar-refractivity contribution in [2.24, 2.45) is 17.3 Å². The molecule has 1 aliphatic carbocycles. The van der Waals surface area contributed by atoms with E-state index >= 15 is 0 Å². The summed E-state index contributed by atoms with van der Waals surface area (Å²) in [4.78, 5) is 15.6. The third kappa shape index (κ3) is 6.92. The Hall–Kier alpha value is -2.35. The van der Waals surface area contributed by atoms with Gasteiger partial charge in [-0.2, -0.15) is 0 Å². The van der Waals surface area contributed by atoms with Crippen LogP contribution in [0.1, 0.15) is 67.4 Å². The average molecular weight is 586 g/mol. The van der Waals surface area contributed by atoms with Crippen molar-refractivity contribution in [2.45, 2.75) is 65.1 Å². The van der Waals surface area contributed by atoms with E-state index in [1.54, 1.807) is 12.1 Å². The predicted molar refractivity (Wildman–Crippen MR) is 160 cm³/mol. The van der Waals surface area contributed by atoms with Gasteiger partial charge in [0.25, 0.3) is 0 Å². The van der Waals surface area contributed by atoms with Gasteiger partial charge in [-0.05, 0) is 97.2 Å². The number of ether oxygens (including phenoxy) is 1. The molecule has 1 N–H and O–H groups in total. The lowest BCUT2D eigenvalue weighted by Crippen LogP contribution is -2.43. The third-order valence-corrected chi connectivity index (χ3v) is 10.8. The summed E-state index contributed by atoms with van der Waals surface area (Å²) >= 11 is 6.30. The second-order valence-electron chi connectivity index (χ2n) is 12.5. The number of hydrogen-bond donors (Lipinski definition) is 1. The van der Waals surface area contributed by atoms with Crippen LogP contribution in [0.25, 0.3) is 0 Å². The van der Waals surface area contributed by atoms with Crippen LogP contribution in [0.4, 0.5) is 5.69 Å². The molecule has 6 nitrogen and oxygen atoms in total. The van der Waals surface area contributed by atoms with E-state index in [4.69, 9.17) is 16.3 Å². The number of carbonyl (C=O) groups excluding carboxylic acids is 1. The van der Waals surface area contributed by atoms with Gasteiger partial charge < -0.3 is 14.7 Å². The number of aryl methyl sites for hydroxylation is 1. The molecule has 2 aromatic rings. The molecule has 1 unspecified atom stereocenters. The Balaban J connectivity index is 1.53. The van der Waals surface area contributed by atoms with Crippen molar-refractivity contribution in [3.05, 3.63) is 70.3 Å². The van der Waals surface area contributed by atoms with Gasteiger partial charge in [0.2, 0.25) is 0 Å². The van der Waals surface area contributed by atoms with E-state index in [0.29, 0.717) is 35.3 Å². The fraction of sp³-hybridized carbons (Fsp3) is 0.531. The van der Waals surface area contributed by atoms with Crippen LogP contribution in [0.15, 0.2) is 48.6 Å². The molecule has 216 valence electrons. The minimum Gasteiger partial charge on any atom is -0.487 e. The number of fused-ring (bicyclic) bond motifs is 3. The normalized spacial score (nSPS) is 27.6. The molecule has 1 saturated carbocycles. The van der Waals surface area contributed by atoms with Crippen LogP contribution in [0.3, 0.4) is 0 Å². The fourth-order valence-corrected chi connectivity index (χ4v) is 8.49. The van der Waals surface area contributed by atoms with Gasteiger partial charge in [-0.3, -0.25) is 4.79 Å². The van der Waals surface area contributed by atoms with E-state index in [0.717, 1.165) is 56.4 Å². The molecule has 0 saturated heterocycles. The predicted octanol–water partition coefficient (Wildman–Crippen LogP) is 6.03. The van der Waals surface area contributed by atoms with Gasteiger partial charge in [-0.1, -0.05) is 43.7 Å². The van der Waals surface area contributed by atoms with Crippen molar-refractivity contribution in [3.8, 4) is 5.75 Å². The minimum atomic E-state index is -3.64. The van der Waals surface area contributed by atoms with Gasteiger partial charge >= 0.3 is 0 Å². The second kappa shape index (κ2) is 11.9. The van der Waals surface area contributed by atoms with Gasteiger partial charge in [0.1, 0.15) is 18.1 Å². The first kappa shape index (κ1) is 29.2. The van der Waals surface area contributed by atoms with Crippen molar-refractivity contribution in [2.75, 3.05) is 29.5 Å². The maximum Gasteiger partial charge on any atom is 0.177 e. The summed E-state index contributed by atoms with van der Waals surface area (Å²) in [5, 5.41) is 11.7. The lowest BCUT2D eigenvalue weighted by atomic mass is 9.70. The molecule has 3 atom stereocenters. The molecule has 3 aliphatic rings. The topological polar surface area (TPSA) is 83.9 Å². The molecule has 0 aromatic heterocycles. The highest BCUT2D eigenvalue weighted by molar-refractivity contribution is 7.92. The van der Waals surface area contributed by atoms with Gasteiger partial charge in [0.05, 0.1) is 17.5 Å². The average Bonchev–Trinajstić information content (AvgIpc) is 2.88. The highest BCUT2D eigenvalue weighted by Crippen LogP contribution is 2.41. The lowest BCUT2D eigenvalue weighted by molar-refractivity contribution is 0.0460. The number of rotatable bonds is 0. The lowest BCUT2D eigenvalue weighted by Gasteiger charge is -2.42. The third-order valence-electron chi connectivity index (χ3n) is 8.63. The molecule has 40 heavy (non-hydrogen) atoms. The number of nitrogens with zero attached hydrogens (tertiary/aromatic N) is 1. The Morgan fingerprint density at radius 1 is 1.07 bits per heavy atom. The zero-order valence-electron chi connectivity index (χ0n) is 23.4. The molecule has 0 radical (unpaired) electrons. The first-order valence-electron chi connectivity index (χ1n) is 14.4. The van der Waals surface area contributed by atoms with Gasteiger partial charge in [0.15, 0.2) is 15.6 Å². The minimum absolute atomic E-state index is 0.0954. The molecular formula is C32H40ClNO5S. The van der Waals surface area contributed by atoms with Crippen LogP contribution in [-0.4, -0.2) is 50.0 Å². The Bertz CT molecular complexity index is 1390. The first-order valence-corrected chi connectivity index (χ1v) is 16.6. The summed E-state index contributed by atoms with van der Waals surface area (Å²) in [5.41, 5.74) is 2.91. The standard InChI is InChI=1S/C32H40ClNO5S/c1-32(2)14-5-7-29(35)27-12-9-24(27)18-34-15-4-3-6-22-16-26(33)11-8-25(22)19-39-31-13-10-23(17-28(31)34)30(36)20-40(37,38)21-32/h5,7-8,10-11,13,16-17,24,27,29,35H,3-4,6,9,12,14-15,18-21H2,1-2H3/b7-5+/t24-,27+,29?/m0/s1. The molecule has 0 spiro atoms. The van der Waals surface area contributed by atoms with Crippen LogP contribution in [0.5, 0.6) is 5.75 Å². The van der Waals surface area contributed by atoms with E-state index in [1.807, 2.05) is 50.3 Å². The molecule has 2 bridgehead atoms. The SMILES string of the molecule is CC1(C)C/C=C/C(O)[C@@H]2CC[C@H]2CN2CCCCc3cc(Cl)ccc3COc3ccc(cc32)C(=O)CS(=O)(=O)C1. The van der Waals surface area contributed by atoms with Crippen LogP contribution < -0.4 is 9.64 Å². The van der Waals surface area contributed by atoms with Crippen molar-refractivity contribution in [1.29, 1.82) is 0 Å². The number of Topliss-reactive ketones (excluding diaryl/α,β-unsaturated/α-hetero) is 1. The Kier molecular flexibility index (Phi) is 8.65. The number of benzene rings is 2. The molecule has 1 fully saturated rings. The Labute approximate surface area is 243 Å². The van der Waals surface area contributed by atoms with Gasteiger partial charge in [0, 0.05) is 23.7 Å². The maximum absolute atomic E-state index is 13.3. The van der Waals surface area contributed by atoms with Crippen LogP contribution in [-0.2, 0) is 22.9 Å². The summed E-state index contributed by atoms with van der Waals surface area (Å²) in [6.07, 6.45) is 8.52. The molecule has 2 aliphatic heterocycles. The number of ketones is 1. The molecule has 2 heterocycles. The van der Waals surface area contributed by atoms with Gasteiger partial charge in [-0.25, -0.2) is 8.42 Å². The molecule has 2 aromatic carbocycles. The van der Waals surface area contributed by atoms with Gasteiger partial charge in [-0.15, -0.1) is 0 Å². The van der Waals surface area contributed by atoms with E-state index < -0.39 is 32.9 Å². The quantitative estimate of drug-likeness (QED) is 0.380. The zero-order chi connectivity index (χ0) is 28.5. The van der Waals surface area contributed by atoms with E-state index in [9.17, 15) is 18.3 Å². The largest absolute Gasteiger partial charge is 0.487 e. The van der Waals surface area contributed by atoms with Crippen molar-refractivity contribution >= 4 is 32.9 Å². The van der Waals surface area contributed by atoms with E-state index in [1.165, 1.54) is 5.56 Å². The Morgan fingerprint density at radius 3 is 2.67 bits per heavy atom. The van der Waals surface area contributed by atoms with Crippen LogP contribution >= 0.6 is 11.6 Å². The number of allylic oxidation sites excluding steroid dienone is 1. The number of aliphatic hydroxyl groups is 1. The number of halogens is 1. The van der Waals surface area contributed by atoms with Crippen LogP contribution in [0, 0.1) is 17.3 Å². The summed E-state index contributed by atoms with van der Waals surface area (Å²) in [7, 11) is -3.64. The first-order chi connectivity index (χ1) is 19.0. The van der Waals surface area contributed by atoms with E-state index in [-0.39, 0.29) is 11.7 Å². The number of anilines is 1. The maximum atomic E-state index is 13.3. The summed E-state index contributed by atoms with van der Waals surface area (Å²) in [6.45, 7) is 5.67. The number of sulfone groups is 1. The van der Waals surface area contributed by atoms with Crippen molar-refractivity contribution < 1.29 is 23.1 Å². The van der Waals surface area contributed by atoms with Crippen molar-refractivity contribution in [3.63, 3.8) is 0 Å². The monoisotopic (exact) mass is 585 g/mol. The molecule has 8 heteroatoms. The summed E-state index contributed by atoms with van der Waals surface area (Å²) < 4.78 is 32.5. The van der Waals surface area contributed by atoms with Crippen molar-refractivity contribution in [1.82, 2.24) is 0 Å². The van der Waals surface area contributed by atoms with E-state index in [2.05, 4.69) is 4.90 Å². The summed E-state index contributed by atoms with van der Waals surface area (Å²) in [6, 6.07) is 11.2. The molecule has 0 amide bonds.